The predicted octanol–water partition coefficient (Wildman–Crippen LogP) is 4.09. The van der Waals surface area contributed by atoms with Crippen molar-refractivity contribution in [1.29, 1.82) is 0 Å². The fourth-order valence-corrected chi connectivity index (χ4v) is 3.65. The number of likely N-dealkylation sites (tertiary alicyclic amines) is 1. The summed E-state index contributed by atoms with van der Waals surface area (Å²) >= 11 is 1.97. The molecule has 1 saturated heterocycles. The van der Waals surface area contributed by atoms with Crippen LogP contribution in [-0.4, -0.2) is 43.3 Å². The molecule has 0 radical (unpaired) electrons. The molecule has 124 valence electrons. The Kier molecular flexibility index (Phi) is 9.95. The minimum absolute atomic E-state index is 0. The summed E-state index contributed by atoms with van der Waals surface area (Å²) < 4.78 is 0. The van der Waals surface area contributed by atoms with E-state index in [1.807, 2.05) is 18.8 Å². The number of nitrogens with zero attached hydrogens (tertiary/aromatic N) is 2. The Morgan fingerprint density at radius 2 is 2.14 bits per heavy atom. The molecule has 1 aliphatic heterocycles. The lowest BCUT2D eigenvalue weighted by atomic mass is 10.2. The molecule has 1 aromatic rings. The number of aliphatic imine (C=N–C) groups is 1. The average molecular weight is 433 g/mol. The van der Waals surface area contributed by atoms with Crippen molar-refractivity contribution in [3.8, 4) is 0 Å². The summed E-state index contributed by atoms with van der Waals surface area (Å²) in [7, 11) is 1.89. The molecule has 1 N–H and O–H groups in total. The van der Waals surface area contributed by atoms with Crippen LogP contribution in [0.25, 0.3) is 0 Å². The van der Waals surface area contributed by atoms with Gasteiger partial charge in [0.25, 0.3) is 0 Å². The van der Waals surface area contributed by atoms with Gasteiger partial charge < -0.3 is 10.2 Å². The molecule has 0 bridgehead atoms. The topological polar surface area (TPSA) is 27.6 Å². The van der Waals surface area contributed by atoms with Crippen LogP contribution in [0.1, 0.15) is 26.2 Å². The zero-order valence-corrected chi connectivity index (χ0v) is 16.8. The third kappa shape index (κ3) is 6.36. The van der Waals surface area contributed by atoms with E-state index in [0.29, 0.717) is 0 Å². The monoisotopic (exact) mass is 433 g/mol. The van der Waals surface area contributed by atoms with E-state index >= 15 is 0 Å². The van der Waals surface area contributed by atoms with E-state index in [-0.39, 0.29) is 24.0 Å². The Morgan fingerprint density at radius 1 is 1.36 bits per heavy atom. The molecule has 0 aromatic heterocycles. The van der Waals surface area contributed by atoms with Gasteiger partial charge in [-0.2, -0.15) is 0 Å². The fraction of sp³-hybridized carbons (Fsp3) is 0.588. The number of guanidine groups is 1. The summed E-state index contributed by atoms with van der Waals surface area (Å²) in [5.41, 5.74) is 0. The highest BCUT2D eigenvalue weighted by molar-refractivity contribution is 14.0. The average Bonchev–Trinajstić information content (AvgIpc) is 2.99. The third-order valence-corrected chi connectivity index (χ3v) is 5.08. The molecule has 0 saturated carbocycles. The highest BCUT2D eigenvalue weighted by Crippen LogP contribution is 2.25. The molecular formula is C17H28IN3S. The normalized spacial score (nSPS) is 18.2. The molecule has 1 fully saturated rings. The van der Waals surface area contributed by atoms with Gasteiger partial charge in [0.05, 0.1) is 0 Å². The Bertz CT molecular complexity index is 439. The fourth-order valence-electron chi connectivity index (χ4n) is 2.60. The smallest absolute Gasteiger partial charge is 0.193 e. The summed E-state index contributed by atoms with van der Waals surface area (Å²) in [5.74, 6) is 3.04. The third-order valence-electron chi connectivity index (χ3n) is 3.84. The van der Waals surface area contributed by atoms with Crippen molar-refractivity contribution in [2.24, 2.45) is 10.9 Å². The van der Waals surface area contributed by atoms with Crippen molar-refractivity contribution in [1.82, 2.24) is 10.2 Å². The van der Waals surface area contributed by atoms with Crippen molar-refractivity contribution in [3.63, 3.8) is 0 Å². The molecule has 5 heteroatoms. The van der Waals surface area contributed by atoms with Gasteiger partial charge in [0, 0.05) is 37.3 Å². The van der Waals surface area contributed by atoms with Crippen LogP contribution >= 0.6 is 35.7 Å². The molecule has 1 unspecified atom stereocenters. The second kappa shape index (κ2) is 11.2. The molecule has 1 heterocycles. The van der Waals surface area contributed by atoms with Gasteiger partial charge >= 0.3 is 0 Å². The van der Waals surface area contributed by atoms with Crippen LogP contribution in [0.2, 0.25) is 0 Å². The first-order chi connectivity index (χ1) is 10.3. The molecule has 1 atom stereocenters. The van der Waals surface area contributed by atoms with E-state index in [4.69, 9.17) is 0 Å². The summed E-state index contributed by atoms with van der Waals surface area (Å²) in [6.07, 6.45) is 3.70. The van der Waals surface area contributed by atoms with E-state index in [9.17, 15) is 0 Å². The number of unbranched alkanes of at least 4 members (excludes halogenated alkanes) is 1. The largest absolute Gasteiger partial charge is 0.356 e. The zero-order chi connectivity index (χ0) is 14.9. The van der Waals surface area contributed by atoms with Gasteiger partial charge in [-0.1, -0.05) is 31.5 Å². The van der Waals surface area contributed by atoms with Crippen LogP contribution < -0.4 is 5.32 Å². The Labute approximate surface area is 156 Å². The van der Waals surface area contributed by atoms with E-state index in [1.165, 1.54) is 29.9 Å². The van der Waals surface area contributed by atoms with Crippen molar-refractivity contribution < 1.29 is 0 Å². The number of rotatable bonds is 6. The van der Waals surface area contributed by atoms with E-state index in [0.717, 1.165) is 31.5 Å². The summed E-state index contributed by atoms with van der Waals surface area (Å²) in [4.78, 5) is 8.20. The standard InChI is InChI=1S/C17H27N3S.HI/c1-3-4-11-19-17(18-2)20-12-10-15(13-20)14-21-16-8-6-5-7-9-16;/h5-9,15H,3-4,10-14H2,1-2H3,(H,18,19);1H. The molecule has 1 aliphatic rings. The Balaban J connectivity index is 0.00000242. The lowest BCUT2D eigenvalue weighted by Gasteiger charge is -2.21. The second-order valence-electron chi connectivity index (χ2n) is 5.55. The van der Waals surface area contributed by atoms with Gasteiger partial charge in [-0.25, -0.2) is 0 Å². The summed E-state index contributed by atoms with van der Waals surface area (Å²) in [6, 6.07) is 10.7. The summed E-state index contributed by atoms with van der Waals surface area (Å²) in [5, 5.41) is 3.48. The van der Waals surface area contributed by atoms with Gasteiger partial charge in [-0.05, 0) is 30.9 Å². The molecule has 1 aromatic carbocycles. The number of nitrogens with one attached hydrogen (secondary N) is 1. The lowest BCUT2D eigenvalue weighted by Crippen LogP contribution is -2.40. The second-order valence-corrected chi connectivity index (χ2v) is 6.65. The first-order valence-corrected chi connectivity index (χ1v) is 8.95. The first kappa shape index (κ1) is 19.6. The number of halogens is 1. The van der Waals surface area contributed by atoms with Gasteiger partial charge in [0.1, 0.15) is 0 Å². The molecule has 0 aliphatic carbocycles. The van der Waals surface area contributed by atoms with Crippen LogP contribution in [-0.2, 0) is 0 Å². The highest BCUT2D eigenvalue weighted by atomic mass is 127. The van der Waals surface area contributed by atoms with Gasteiger partial charge in [0.15, 0.2) is 5.96 Å². The number of benzene rings is 1. The Morgan fingerprint density at radius 3 is 2.82 bits per heavy atom. The van der Waals surface area contributed by atoms with Crippen LogP contribution in [0.5, 0.6) is 0 Å². The quantitative estimate of drug-likeness (QED) is 0.241. The van der Waals surface area contributed by atoms with E-state index in [1.54, 1.807) is 0 Å². The van der Waals surface area contributed by atoms with Crippen molar-refractivity contribution in [2.75, 3.05) is 32.4 Å². The minimum Gasteiger partial charge on any atom is -0.356 e. The van der Waals surface area contributed by atoms with Crippen LogP contribution in [0.4, 0.5) is 0 Å². The first-order valence-electron chi connectivity index (χ1n) is 7.97. The SMILES string of the molecule is CCCCNC(=NC)N1CCC(CSc2ccccc2)C1.I. The van der Waals surface area contributed by atoms with Crippen molar-refractivity contribution in [2.45, 2.75) is 31.1 Å². The van der Waals surface area contributed by atoms with Crippen LogP contribution in [0.15, 0.2) is 40.2 Å². The lowest BCUT2D eigenvalue weighted by molar-refractivity contribution is 0.473. The van der Waals surface area contributed by atoms with E-state index < -0.39 is 0 Å². The van der Waals surface area contributed by atoms with Gasteiger partial charge in [-0.15, -0.1) is 35.7 Å². The zero-order valence-electron chi connectivity index (χ0n) is 13.6. The predicted molar refractivity (Wildman–Crippen MR) is 109 cm³/mol. The van der Waals surface area contributed by atoms with Crippen LogP contribution in [0, 0.1) is 5.92 Å². The maximum atomic E-state index is 4.42. The van der Waals surface area contributed by atoms with Crippen LogP contribution in [0.3, 0.4) is 0 Å². The van der Waals surface area contributed by atoms with E-state index in [2.05, 4.69) is 52.5 Å². The number of thioether (sulfide) groups is 1. The van der Waals surface area contributed by atoms with Crippen molar-refractivity contribution >= 4 is 41.7 Å². The highest BCUT2D eigenvalue weighted by Gasteiger charge is 2.24. The van der Waals surface area contributed by atoms with Gasteiger partial charge in [0.2, 0.25) is 0 Å². The minimum atomic E-state index is 0. The molecule has 3 nitrogen and oxygen atoms in total. The summed E-state index contributed by atoms with van der Waals surface area (Å²) in [6.45, 7) is 5.51. The van der Waals surface area contributed by atoms with Crippen molar-refractivity contribution in [3.05, 3.63) is 30.3 Å². The molecule has 0 spiro atoms. The molecule has 22 heavy (non-hydrogen) atoms. The molecular weight excluding hydrogens is 405 g/mol. The Hall–Kier alpha value is -0.430. The number of hydrogen-bond acceptors (Lipinski definition) is 2. The maximum Gasteiger partial charge on any atom is 0.193 e. The molecule has 2 rings (SSSR count). The maximum absolute atomic E-state index is 4.42. The number of hydrogen-bond donors (Lipinski definition) is 1. The van der Waals surface area contributed by atoms with Gasteiger partial charge in [-0.3, -0.25) is 4.99 Å². The molecule has 0 amide bonds.